The van der Waals surface area contributed by atoms with Crippen molar-refractivity contribution in [3.63, 3.8) is 0 Å². The number of primary amides is 1. The number of nitrogens with two attached hydrogens (primary N) is 1. The maximum atomic E-state index is 13.1. The summed E-state index contributed by atoms with van der Waals surface area (Å²) in [5.41, 5.74) is 7.84. The molecule has 2 atom stereocenters. The lowest BCUT2D eigenvalue weighted by Gasteiger charge is -2.19. The molecule has 0 radical (unpaired) electrons. The van der Waals surface area contributed by atoms with Crippen LogP contribution in [0.3, 0.4) is 0 Å². The lowest BCUT2D eigenvalue weighted by Crippen LogP contribution is -2.45. The predicted octanol–water partition coefficient (Wildman–Crippen LogP) is 4.60. The molecule has 0 heterocycles. The first kappa shape index (κ1) is 26.9. The molecule has 0 aliphatic carbocycles. The van der Waals surface area contributed by atoms with Gasteiger partial charge in [-0.15, -0.1) is 0 Å². The Bertz CT molecular complexity index is 1150. The average molecular weight is 552 g/mol. The fraction of sp³-hybridized carbons (Fsp3) is 0.250. The van der Waals surface area contributed by atoms with E-state index in [1.54, 1.807) is 19.1 Å². The first-order chi connectivity index (χ1) is 17.3. The van der Waals surface area contributed by atoms with Gasteiger partial charge in [-0.1, -0.05) is 65.3 Å². The van der Waals surface area contributed by atoms with Gasteiger partial charge >= 0.3 is 0 Å². The Balaban J connectivity index is 1.65. The number of carbonyl (C=O) groups is 3. The van der Waals surface area contributed by atoms with E-state index in [4.69, 9.17) is 10.5 Å². The van der Waals surface area contributed by atoms with Crippen LogP contribution in [0.1, 0.15) is 30.9 Å². The van der Waals surface area contributed by atoms with E-state index in [9.17, 15) is 14.4 Å². The highest BCUT2D eigenvalue weighted by atomic mass is 79.9. The third-order valence-electron chi connectivity index (χ3n) is 5.67. The number of amides is 3. The summed E-state index contributed by atoms with van der Waals surface area (Å²) in [4.78, 5) is 36.9. The van der Waals surface area contributed by atoms with Gasteiger partial charge in [0.15, 0.2) is 0 Å². The summed E-state index contributed by atoms with van der Waals surface area (Å²) < 4.78 is 6.73. The minimum absolute atomic E-state index is 0.0957. The van der Waals surface area contributed by atoms with Crippen molar-refractivity contribution >= 4 is 39.3 Å². The van der Waals surface area contributed by atoms with Crippen LogP contribution in [-0.4, -0.2) is 23.8 Å². The van der Waals surface area contributed by atoms with E-state index in [1.807, 2.05) is 66.7 Å². The summed E-state index contributed by atoms with van der Waals surface area (Å²) in [7, 11) is 0. The number of hydrogen-bond donors (Lipinski definition) is 3. The quantitative estimate of drug-likeness (QED) is 0.305. The number of hydrogen-bond acceptors (Lipinski definition) is 4. The highest BCUT2D eigenvalue weighted by Crippen LogP contribution is 2.18. The van der Waals surface area contributed by atoms with Crippen LogP contribution in [0, 0.1) is 5.92 Å². The second-order valence-electron chi connectivity index (χ2n) is 8.58. The van der Waals surface area contributed by atoms with Crippen LogP contribution in [0.5, 0.6) is 5.75 Å². The molecule has 2 unspecified atom stereocenters. The van der Waals surface area contributed by atoms with Crippen LogP contribution in [0.25, 0.3) is 0 Å². The number of nitrogens with one attached hydrogen (secondary N) is 2. The lowest BCUT2D eigenvalue weighted by molar-refractivity contribution is -0.127. The topological polar surface area (TPSA) is 111 Å². The monoisotopic (exact) mass is 551 g/mol. The van der Waals surface area contributed by atoms with Crippen molar-refractivity contribution in [1.29, 1.82) is 0 Å². The number of carbonyl (C=O) groups excluding carboxylic acids is 3. The average Bonchev–Trinajstić information content (AvgIpc) is 2.88. The molecule has 3 aromatic rings. The zero-order chi connectivity index (χ0) is 25.9. The SMILES string of the molecule is CC(CCC(=O)NC(Cc1ccc(OCc2ccccc2)cc1)C(=O)Nc1ccc(Br)cc1)C(N)=O. The maximum Gasteiger partial charge on any atom is 0.247 e. The molecule has 0 aromatic heterocycles. The van der Waals surface area contributed by atoms with E-state index in [0.717, 1.165) is 15.6 Å². The van der Waals surface area contributed by atoms with Crippen molar-refractivity contribution < 1.29 is 19.1 Å². The van der Waals surface area contributed by atoms with Gasteiger partial charge in [0, 0.05) is 28.9 Å². The van der Waals surface area contributed by atoms with Crippen molar-refractivity contribution in [2.75, 3.05) is 5.32 Å². The first-order valence-electron chi connectivity index (χ1n) is 11.7. The molecule has 188 valence electrons. The molecule has 3 amide bonds. The van der Waals surface area contributed by atoms with Crippen LogP contribution in [-0.2, 0) is 27.4 Å². The summed E-state index contributed by atoms with van der Waals surface area (Å²) in [6, 6.07) is 23.7. The van der Waals surface area contributed by atoms with E-state index in [2.05, 4.69) is 26.6 Å². The van der Waals surface area contributed by atoms with Gasteiger partial charge in [-0.25, -0.2) is 0 Å². The highest BCUT2D eigenvalue weighted by Gasteiger charge is 2.22. The van der Waals surface area contributed by atoms with Crippen molar-refractivity contribution in [1.82, 2.24) is 5.32 Å². The summed E-state index contributed by atoms with van der Waals surface area (Å²) in [5.74, 6) is -0.820. The molecule has 8 heteroatoms. The number of rotatable bonds is 12. The van der Waals surface area contributed by atoms with Crippen LogP contribution in [0.15, 0.2) is 83.3 Å². The van der Waals surface area contributed by atoms with Gasteiger partial charge in [0.25, 0.3) is 0 Å². The number of anilines is 1. The van der Waals surface area contributed by atoms with Gasteiger partial charge in [-0.2, -0.15) is 0 Å². The zero-order valence-electron chi connectivity index (χ0n) is 20.1. The first-order valence-corrected chi connectivity index (χ1v) is 12.5. The van der Waals surface area contributed by atoms with Crippen LogP contribution < -0.4 is 21.1 Å². The van der Waals surface area contributed by atoms with E-state index < -0.39 is 17.9 Å². The predicted molar refractivity (Wildman–Crippen MR) is 143 cm³/mol. The molecular weight excluding hydrogens is 522 g/mol. The van der Waals surface area contributed by atoms with E-state index >= 15 is 0 Å². The second-order valence-corrected chi connectivity index (χ2v) is 9.50. The largest absolute Gasteiger partial charge is 0.489 e. The molecule has 4 N–H and O–H groups in total. The summed E-state index contributed by atoms with van der Waals surface area (Å²) in [6.45, 7) is 2.13. The molecule has 0 aliphatic heterocycles. The van der Waals surface area contributed by atoms with Gasteiger partial charge in [-0.05, 0) is 53.9 Å². The van der Waals surface area contributed by atoms with Crippen molar-refractivity contribution in [2.24, 2.45) is 11.7 Å². The summed E-state index contributed by atoms with van der Waals surface area (Å²) in [6.07, 6.45) is 0.701. The van der Waals surface area contributed by atoms with E-state index in [-0.39, 0.29) is 18.2 Å². The normalized spacial score (nSPS) is 12.3. The van der Waals surface area contributed by atoms with Crippen LogP contribution >= 0.6 is 15.9 Å². The van der Waals surface area contributed by atoms with Crippen LogP contribution in [0.2, 0.25) is 0 Å². The third-order valence-corrected chi connectivity index (χ3v) is 6.19. The molecule has 3 rings (SSSR count). The van der Waals surface area contributed by atoms with Gasteiger partial charge in [0.2, 0.25) is 17.7 Å². The minimum atomic E-state index is -0.805. The zero-order valence-corrected chi connectivity index (χ0v) is 21.7. The number of halogens is 1. The highest BCUT2D eigenvalue weighted by molar-refractivity contribution is 9.10. The number of benzene rings is 3. The fourth-order valence-corrected chi connectivity index (χ4v) is 3.69. The smallest absolute Gasteiger partial charge is 0.247 e. The van der Waals surface area contributed by atoms with Gasteiger partial charge in [-0.3, -0.25) is 14.4 Å². The molecule has 0 spiro atoms. The Morgan fingerprint density at radius 3 is 2.22 bits per heavy atom. The Morgan fingerprint density at radius 1 is 0.917 bits per heavy atom. The molecule has 36 heavy (non-hydrogen) atoms. The van der Waals surface area contributed by atoms with Gasteiger partial charge in [0.05, 0.1) is 0 Å². The third kappa shape index (κ3) is 8.85. The Kier molecular flexibility index (Phi) is 10.1. The van der Waals surface area contributed by atoms with Gasteiger partial charge < -0.3 is 21.1 Å². The Morgan fingerprint density at radius 2 is 1.58 bits per heavy atom. The molecule has 3 aromatic carbocycles. The molecular formula is C28H30BrN3O4. The second kappa shape index (κ2) is 13.4. The Hall–Kier alpha value is -3.65. The fourth-order valence-electron chi connectivity index (χ4n) is 3.43. The minimum Gasteiger partial charge on any atom is -0.489 e. The van der Waals surface area contributed by atoms with E-state index in [0.29, 0.717) is 30.9 Å². The van der Waals surface area contributed by atoms with Crippen molar-refractivity contribution in [3.8, 4) is 5.75 Å². The summed E-state index contributed by atoms with van der Waals surface area (Å²) in [5, 5.41) is 5.66. The number of ether oxygens (including phenoxy) is 1. The maximum absolute atomic E-state index is 13.1. The standard InChI is InChI=1S/C28H30BrN3O4/c1-19(27(30)34)7-16-26(33)32-25(28(35)31-23-12-10-22(29)11-13-23)17-20-8-14-24(15-9-20)36-18-21-5-3-2-4-6-21/h2-6,8-15,19,25H,7,16-18H2,1H3,(H2,30,34)(H,31,35)(H,32,33). The lowest BCUT2D eigenvalue weighted by atomic mass is 10.0. The molecule has 0 bridgehead atoms. The van der Waals surface area contributed by atoms with Crippen molar-refractivity contribution in [2.45, 2.75) is 38.8 Å². The van der Waals surface area contributed by atoms with Gasteiger partial charge in [0.1, 0.15) is 18.4 Å². The molecule has 7 nitrogen and oxygen atoms in total. The van der Waals surface area contributed by atoms with Crippen molar-refractivity contribution in [3.05, 3.63) is 94.5 Å². The summed E-state index contributed by atoms with van der Waals surface area (Å²) >= 11 is 3.37. The van der Waals surface area contributed by atoms with Crippen LogP contribution in [0.4, 0.5) is 5.69 Å². The Labute approximate surface area is 219 Å². The van der Waals surface area contributed by atoms with E-state index in [1.165, 1.54) is 0 Å². The molecule has 0 aliphatic rings. The molecule has 0 saturated heterocycles. The molecule has 0 saturated carbocycles. The molecule has 0 fully saturated rings.